The predicted octanol–water partition coefficient (Wildman–Crippen LogP) is 4.18. The van der Waals surface area contributed by atoms with Crippen molar-refractivity contribution in [1.82, 2.24) is 15.5 Å². The zero-order valence-corrected chi connectivity index (χ0v) is 15.3. The number of thioether (sulfide) groups is 1. The summed E-state index contributed by atoms with van der Waals surface area (Å²) in [6.45, 7) is 13.7. The number of rotatable bonds is 6. The number of alkyl carbamates (subject to hydrolysis) is 1. The van der Waals surface area contributed by atoms with E-state index in [4.69, 9.17) is 9.15 Å². The predicted molar refractivity (Wildman–Crippen MR) is 86.9 cm³/mol. The van der Waals surface area contributed by atoms with Crippen LogP contribution < -0.4 is 5.32 Å². The number of nitrogens with zero attached hydrogens (tertiary/aromatic N) is 2. The Labute approximate surface area is 136 Å². The van der Waals surface area contributed by atoms with E-state index in [-0.39, 0.29) is 12.0 Å². The maximum Gasteiger partial charge on any atom is 0.408 e. The van der Waals surface area contributed by atoms with Gasteiger partial charge in [-0.1, -0.05) is 45.9 Å². The molecule has 1 aromatic rings. The molecular weight excluding hydrogens is 302 g/mol. The van der Waals surface area contributed by atoms with Gasteiger partial charge in [-0.25, -0.2) is 4.79 Å². The largest absolute Gasteiger partial charge is 0.444 e. The van der Waals surface area contributed by atoms with E-state index < -0.39 is 11.7 Å². The molecule has 0 bridgehead atoms. The van der Waals surface area contributed by atoms with Crippen molar-refractivity contribution in [2.24, 2.45) is 5.92 Å². The first kappa shape index (κ1) is 18.8. The number of ether oxygens (including phenoxy) is 1. The zero-order chi connectivity index (χ0) is 16.9. The van der Waals surface area contributed by atoms with Crippen molar-refractivity contribution in [3.8, 4) is 0 Å². The molecule has 0 aliphatic heterocycles. The van der Waals surface area contributed by atoms with Crippen LogP contribution in [0, 0.1) is 5.92 Å². The summed E-state index contributed by atoms with van der Waals surface area (Å²) < 4.78 is 11.0. The van der Waals surface area contributed by atoms with Crippen molar-refractivity contribution in [3.63, 3.8) is 0 Å². The molecule has 1 rings (SSSR count). The number of aromatic nitrogens is 2. The van der Waals surface area contributed by atoms with Gasteiger partial charge in [-0.15, -0.1) is 10.2 Å². The first-order valence-corrected chi connectivity index (χ1v) is 8.50. The molecule has 0 saturated carbocycles. The molecule has 1 N–H and O–H groups in total. The third-order valence-corrected chi connectivity index (χ3v) is 3.75. The maximum absolute atomic E-state index is 12.0. The van der Waals surface area contributed by atoms with E-state index in [0.717, 1.165) is 6.42 Å². The number of nitrogens with one attached hydrogen (secondary N) is 1. The summed E-state index contributed by atoms with van der Waals surface area (Å²) in [6, 6.07) is -0.353. The van der Waals surface area contributed by atoms with Gasteiger partial charge in [-0.2, -0.15) is 0 Å². The van der Waals surface area contributed by atoms with Crippen LogP contribution in [0.3, 0.4) is 0 Å². The van der Waals surface area contributed by atoms with Crippen LogP contribution in [0.15, 0.2) is 9.64 Å². The molecule has 0 aliphatic carbocycles. The highest BCUT2D eigenvalue weighted by atomic mass is 32.2. The second-order valence-corrected chi connectivity index (χ2v) is 8.11. The van der Waals surface area contributed by atoms with Crippen LogP contribution in [0.25, 0.3) is 0 Å². The second kappa shape index (κ2) is 7.85. The Hall–Kier alpha value is -1.24. The van der Waals surface area contributed by atoms with Crippen molar-refractivity contribution in [2.45, 2.75) is 77.0 Å². The van der Waals surface area contributed by atoms with Crippen molar-refractivity contribution < 1.29 is 13.9 Å². The lowest BCUT2D eigenvalue weighted by atomic mass is 9.99. The Morgan fingerprint density at radius 3 is 2.45 bits per heavy atom. The van der Waals surface area contributed by atoms with Gasteiger partial charge in [0, 0.05) is 5.25 Å². The van der Waals surface area contributed by atoms with Crippen LogP contribution in [0.4, 0.5) is 4.79 Å². The fourth-order valence-corrected chi connectivity index (χ4v) is 2.34. The molecule has 0 radical (unpaired) electrons. The normalized spacial score (nSPS) is 14.7. The van der Waals surface area contributed by atoms with Gasteiger partial charge in [0.2, 0.25) is 5.89 Å². The summed E-state index contributed by atoms with van der Waals surface area (Å²) in [4.78, 5) is 12.0. The topological polar surface area (TPSA) is 77.2 Å². The van der Waals surface area contributed by atoms with E-state index in [9.17, 15) is 4.79 Å². The van der Waals surface area contributed by atoms with Crippen molar-refractivity contribution >= 4 is 17.9 Å². The molecule has 7 heteroatoms. The van der Waals surface area contributed by atoms with Gasteiger partial charge in [0.25, 0.3) is 5.22 Å². The van der Waals surface area contributed by atoms with Crippen LogP contribution in [-0.4, -0.2) is 27.1 Å². The van der Waals surface area contributed by atoms with E-state index in [1.165, 1.54) is 11.8 Å². The number of carbonyl (C=O) groups excluding carboxylic acids is 1. The summed E-state index contributed by atoms with van der Waals surface area (Å²) in [5, 5.41) is 11.8. The van der Waals surface area contributed by atoms with E-state index >= 15 is 0 Å². The van der Waals surface area contributed by atoms with E-state index in [2.05, 4.69) is 36.3 Å². The average molecular weight is 329 g/mol. The van der Waals surface area contributed by atoms with Crippen molar-refractivity contribution in [2.75, 3.05) is 0 Å². The molecule has 2 atom stereocenters. The highest BCUT2D eigenvalue weighted by molar-refractivity contribution is 7.99. The summed E-state index contributed by atoms with van der Waals surface area (Å²) in [5.74, 6) is 0.577. The number of hydrogen-bond acceptors (Lipinski definition) is 6. The fraction of sp³-hybridized carbons (Fsp3) is 0.800. The lowest BCUT2D eigenvalue weighted by Crippen LogP contribution is -2.37. The van der Waals surface area contributed by atoms with Crippen LogP contribution in [0.5, 0.6) is 0 Å². The van der Waals surface area contributed by atoms with Crippen molar-refractivity contribution in [1.29, 1.82) is 0 Å². The molecule has 1 amide bonds. The Morgan fingerprint density at radius 2 is 1.95 bits per heavy atom. The lowest BCUT2D eigenvalue weighted by Gasteiger charge is -2.24. The molecule has 0 fully saturated rings. The molecular formula is C15H27N3O3S. The number of amides is 1. The van der Waals surface area contributed by atoms with Gasteiger partial charge in [0.15, 0.2) is 0 Å². The highest BCUT2D eigenvalue weighted by Gasteiger charge is 2.28. The minimum atomic E-state index is -0.544. The molecule has 126 valence electrons. The van der Waals surface area contributed by atoms with Gasteiger partial charge < -0.3 is 14.5 Å². The van der Waals surface area contributed by atoms with Gasteiger partial charge in [0.05, 0.1) is 0 Å². The monoisotopic (exact) mass is 329 g/mol. The number of carbonyl (C=O) groups is 1. The van der Waals surface area contributed by atoms with E-state index in [1.807, 2.05) is 27.7 Å². The molecule has 0 aromatic carbocycles. The van der Waals surface area contributed by atoms with E-state index in [0.29, 0.717) is 16.4 Å². The molecule has 6 nitrogen and oxygen atoms in total. The van der Waals surface area contributed by atoms with Crippen LogP contribution in [0.2, 0.25) is 0 Å². The molecule has 0 aliphatic rings. The Balaban J connectivity index is 2.84. The standard InChI is InChI=1S/C15H27N3O3S/c1-8-10(4)11(16-13(19)21-15(5,6)7)12-17-18-14(20-12)22-9(2)3/h9-11H,8H2,1-7H3,(H,16,19). The first-order valence-electron chi connectivity index (χ1n) is 7.62. The molecule has 1 heterocycles. The van der Waals surface area contributed by atoms with Crippen LogP contribution in [0.1, 0.15) is 66.8 Å². The second-order valence-electron chi connectivity index (χ2n) is 6.58. The fourth-order valence-electron chi connectivity index (χ4n) is 1.71. The van der Waals surface area contributed by atoms with Crippen molar-refractivity contribution in [3.05, 3.63) is 5.89 Å². The van der Waals surface area contributed by atoms with Gasteiger partial charge >= 0.3 is 6.09 Å². The summed E-state index contributed by atoms with van der Waals surface area (Å²) in [7, 11) is 0. The molecule has 0 saturated heterocycles. The number of hydrogen-bond donors (Lipinski definition) is 1. The van der Waals surface area contributed by atoms with Gasteiger partial charge in [-0.3, -0.25) is 0 Å². The maximum atomic E-state index is 12.0. The quantitative estimate of drug-likeness (QED) is 0.789. The van der Waals surface area contributed by atoms with Crippen LogP contribution >= 0.6 is 11.8 Å². The Bertz CT molecular complexity index is 483. The summed E-state index contributed by atoms with van der Waals surface area (Å²) >= 11 is 1.50. The lowest BCUT2D eigenvalue weighted by molar-refractivity contribution is 0.0473. The summed E-state index contributed by atoms with van der Waals surface area (Å²) in [6.07, 6.45) is 0.393. The third kappa shape index (κ3) is 6.25. The molecule has 0 spiro atoms. The first-order chi connectivity index (χ1) is 10.1. The molecule has 22 heavy (non-hydrogen) atoms. The highest BCUT2D eigenvalue weighted by Crippen LogP contribution is 2.28. The smallest absolute Gasteiger partial charge is 0.408 e. The zero-order valence-electron chi connectivity index (χ0n) is 14.5. The van der Waals surface area contributed by atoms with Gasteiger partial charge in [-0.05, 0) is 26.7 Å². The molecule has 2 unspecified atom stereocenters. The minimum Gasteiger partial charge on any atom is -0.444 e. The molecule has 1 aromatic heterocycles. The van der Waals surface area contributed by atoms with Crippen LogP contribution in [-0.2, 0) is 4.74 Å². The average Bonchev–Trinajstić information content (AvgIpc) is 2.80. The van der Waals surface area contributed by atoms with E-state index in [1.54, 1.807) is 0 Å². The van der Waals surface area contributed by atoms with Gasteiger partial charge in [0.1, 0.15) is 11.6 Å². The SMILES string of the molecule is CCC(C)C(NC(=O)OC(C)(C)C)c1nnc(SC(C)C)o1. The Kier molecular flexibility index (Phi) is 6.71. The third-order valence-electron chi connectivity index (χ3n) is 2.91. The summed E-state index contributed by atoms with van der Waals surface area (Å²) in [5.41, 5.74) is -0.544. The minimum absolute atomic E-state index is 0.157. The Morgan fingerprint density at radius 1 is 1.32 bits per heavy atom.